The van der Waals surface area contributed by atoms with Crippen molar-refractivity contribution in [3.8, 4) is 0 Å². The van der Waals surface area contributed by atoms with Crippen LogP contribution in [0.15, 0.2) is 85.6 Å². The van der Waals surface area contributed by atoms with E-state index in [1.54, 1.807) is 54.7 Å². The molecule has 0 spiro atoms. The molecular formula is C27H26FN5O4S. The van der Waals surface area contributed by atoms with Crippen molar-refractivity contribution < 1.29 is 22.4 Å². The summed E-state index contributed by atoms with van der Waals surface area (Å²) in [6.07, 6.45) is 7.30. The number of nitrogens with zero attached hydrogens (tertiary/aromatic N) is 3. The number of carbonyl (C=O) groups is 2. The number of H-pyrrole nitrogens is 1. The van der Waals surface area contributed by atoms with Gasteiger partial charge in [0.15, 0.2) is 9.84 Å². The van der Waals surface area contributed by atoms with E-state index in [-0.39, 0.29) is 23.8 Å². The molecule has 2 amide bonds. The molecule has 0 bridgehead atoms. The molecule has 0 aliphatic heterocycles. The van der Waals surface area contributed by atoms with Gasteiger partial charge in [-0.2, -0.15) is 0 Å². The first-order chi connectivity index (χ1) is 18.2. The van der Waals surface area contributed by atoms with Crippen LogP contribution in [0.1, 0.15) is 33.2 Å². The van der Waals surface area contributed by atoms with Crippen LogP contribution in [0, 0.1) is 5.82 Å². The number of hydrogen-bond acceptors (Lipinski definition) is 6. The molecule has 9 nitrogen and oxygen atoms in total. The van der Waals surface area contributed by atoms with Gasteiger partial charge in [-0.25, -0.2) is 17.8 Å². The maximum atomic E-state index is 13.7. The van der Waals surface area contributed by atoms with Crippen LogP contribution in [0.5, 0.6) is 0 Å². The molecule has 38 heavy (non-hydrogen) atoms. The van der Waals surface area contributed by atoms with E-state index >= 15 is 0 Å². The number of aromatic nitrogens is 3. The number of benzene rings is 2. The van der Waals surface area contributed by atoms with Gasteiger partial charge >= 0.3 is 0 Å². The third kappa shape index (κ3) is 6.88. The van der Waals surface area contributed by atoms with Crippen molar-refractivity contribution in [3.05, 3.63) is 114 Å². The standard InChI is InChI=1S/C27H26FN5O4S/c1-38(36,37)17-20-7-9-23(10-8-20)33(27(35)24-16-30-18-32-24)25(21-5-3-12-29-15-21)26(34)31-13-11-19-4-2-6-22(28)14-19/h2-10,12,14-16,18,25H,11,13,17H2,1H3,(H,30,32)(H,31,34). The summed E-state index contributed by atoms with van der Waals surface area (Å²) in [4.78, 5) is 39.5. The number of hydrogen-bond donors (Lipinski definition) is 2. The van der Waals surface area contributed by atoms with Gasteiger partial charge in [0.2, 0.25) is 5.91 Å². The van der Waals surface area contributed by atoms with Crippen molar-refractivity contribution in [2.24, 2.45) is 0 Å². The van der Waals surface area contributed by atoms with E-state index < -0.39 is 27.7 Å². The lowest BCUT2D eigenvalue weighted by molar-refractivity contribution is -0.122. The number of nitrogens with one attached hydrogen (secondary N) is 2. The van der Waals surface area contributed by atoms with Crippen molar-refractivity contribution in [2.45, 2.75) is 18.2 Å². The molecule has 2 aromatic carbocycles. The molecule has 0 saturated carbocycles. The predicted octanol–water partition coefficient (Wildman–Crippen LogP) is 3.24. The second-order valence-corrected chi connectivity index (χ2v) is 10.9. The summed E-state index contributed by atoms with van der Waals surface area (Å²) < 4.78 is 37.0. The average Bonchev–Trinajstić information content (AvgIpc) is 3.42. The van der Waals surface area contributed by atoms with Crippen LogP contribution in [0.4, 0.5) is 10.1 Å². The first kappa shape index (κ1) is 26.7. The van der Waals surface area contributed by atoms with Crippen LogP contribution in [0.2, 0.25) is 0 Å². The Hall–Kier alpha value is -4.38. The summed E-state index contributed by atoms with van der Waals surface area (Å²) in [6.45, 7) is 0.207. The summed E-state index contributed by atoms with van der Waals surface area (Å²) in [6, 6.07) is 14.7. The Bertz CT molecular complexity index is 1490. The first-order valence-electron chi connectivity index (χ1n) is 11.7. The highest BCUT2D eigenvalue weighted by Gasteiger charge is 2.34. The fourth-order valence-corrected chi connectivity index (χ4v) is 4.81. The highest BCUT2D eigenvalue weighted by molar-refractivity contribution is 7.89. The largest absolute Gasteiger partial charge is 0.354 e. The smallest absolute Gasteiger partial charge is 0.277 e. The van der Waals surface area contributed by atoms with Gasteiger partial charge < -0.3 is 10.3 Å². The molecule has 11 heteroatoms. The van der Waals surface area contributed by atoms with Gasteiger partial charge in [-0.3, -0.25) is 19.5 Å². The highest BCUT2D eigenvalue weighted by atomic mass is 32.2. The van der Waals surface area contributed by atoms with Crippen molar-refractivity contribution in [3.63, 3.8) is 0 Å². The Morgan fingerprint density at radius 2 is 1.82 bits per heavy atom. The van der Waals surface area contributed by atoms with E-state index in [1.807, 2.05) is 0 Å². The zero-order valence-corrected chi connectivity index (χ0v) is 21.4. The van der Waals surface area contributed by atoms with Crippen LogP contribution < -0.4 is 10.2 Å². The molecule has 0 saturated heterocycles. The zero-order valence-electron chi connectivity index (χ0n) is 20.5. The fraction of sp³-hybridized carbons (Fsp3) is 0.185. The quantitative estimate of drug-likeness (QED) is 0.321. The Kier molecular flexibility index (Phi) is 8.27. The average molecular weight is 536 g/mol. The molecule has 1 atom stereocenters. The number of aromatic amines is 1. The van der Waals surface area contributed by atoms with E-state index in [2.05, 4.69) is 20.3 Å². The number of pyridine rings is 1. The molecule has 1 unspecified atom stereocenters. The van der Waals surface area contributed by atoms with Gasteiger partial charge in [0.05, 0.1) is 18.3 Å². The van der Waals surface area contributed by atoms with Crippen molar-refractivity contribution in [1.82, 2.24) is 20.3 Å². The number of halogens is 1. The number of amides is 2. The minimum atomic E-state index is -3.26. The molecule has 0 aliphatic carbocycles. The number of carbonyl (C=O) groups excluding carboxylic acids is 2. The van der Waals surface area contributed by atoms with Gasteiger partial charge in [0.1, 0.15) is 17.6 Å². The molecule has 2 heterocycles. The maximum absolute atomic E-state index is 13.7. The third-order valence-electron chi connectivity index (χ3n) is 5.70. The molecular weight excluding hydrogens is 509 g/mol. The third-order valence-corrected chi connectivity index (χ3v) is 6.56. The van der Waals surface area contributed by atoms with Crippen LogP contribution >= 0.6 is 0 Å². The van der Waals surface area contributed by atoms with Gasteiger partial charge in [0.25, 0.3) is 5.91 Å². The van der Waals surface area contributed by atoms with Crippen LogP contribution in [0.25, 0.3) is 0 Å². The van der Waals surface area contributed by atoms with Crippen LogP contribution in [-0.4, -0.2) is 48.0 Å². The lowest BCUT2D eigenvalue weighted by atomic mass is 10.0. The number of rotatable bonds is 10. The van der Waals surface area contributed by atoms with E-state index in [0.29, 0.717) is 23.2 Å². The second kappa shape index (κ2) is 11.8. The monoisotopic (exact) mass is 535 g/mol. The van der Waals surface area contributed by atoms with E-state index in [1.165, 1.54) is 35.8 Å². The zero-order chi connectivity index (χ0) is 27.1. The lowest BCUT2D eigenvalue weighted by Crippen LogP contribution is -2.44. The molecule has 4 rings (SSSR count). The SMILES string of the molecule is CS(=O)(=O)Cc1ccc(N(C(=O)c2cnc[nH]2)C(C(=O)NCCc2cccc(F)c2)c2cccnc2)cc1. The van der Waals surface area contributed by atoms with Gasteiger partial charge in [0, 0.05) is 36.4 Å². The Morgan fingerprint density at radius 3 is 2.45 bits per heavy atom. The maximum Gasteiger partial charge on any atom is 0.277 e. The Morgan fingerprint density at radius 1 is 1.03 bits per heavy atom. The number of anilines is 1. The molecule has 4 aromatic rings. The second-order valence-electron chi connectivity index (χ2n) is 8.74. The van der Waals surface area contributed by atoms with Gasteiger partial charge in [-0.05, 0) is 47.9 Å². The molecule has 0 fully saturated rings. The molecule has 0 aliphatic rings. The Labute approximate surface area is 219 Å². The first-order valence-corrected chi connectivity index (χ1v) is 13.8. The summed E-state index contributed by atoms with van der Waals surface area (Å²) in [7, 11) is -3.26. The predicted molar refractivity (Wildman–Crippen MR) is 140 cm³/mol. The number of imidazole rings is 1. The lowest BCUT2D eigenvalue weighted by Gasteiger charge is -2.31. The summed E-state index contributed by atoms with van der Waals surface area (Å²) in [5, 5.41) is 2.85. The normalized spacial score (nSPS) is 12.1. The van der Waals surface area contributed by atoms with Crippen molar-refractivity contribution in [1.29, 1.82) is 0 Å². The molecule has 196 valence electrons. The van der Waals surface area contributed by atoms with Gasteiger partial charge in [-0.1, -0.05) is 30.3 Å². The molecule has 0 radical (unpaired) electrons. The number of sulfone groups is 1. The topological polar surface area (TPSA) is 125 Å². The van der Waals surface area contributed by atoms with E-state index in [4.69, 9.17) is 0 Å². The summed E-state index contributed by atoms with van der Waals surface area (Å²) >= 11 is 0. The summed E-state index contributed by atoms with van der Waals surface area (Å²) in [5.74, 6) is -1.51. The van der Waals surface area contributed by atoms with E-state index in [9.17, 15) is 22.4 Å². The van der Waals surface area contributed by atoms with Crippen LogP contribution in [-0.2, 0) is 26.8 Å². The fourth-order valence-electron chi connectivity index (χ4n) is 4.02. The Balaban J connectivity index is 1.68. The molecule has 2 N–H and O–H groups in total. The highest BCUT2D eigenvalue weighted by Crippen LogP contribution is 2.30. The summed E-state index contributed by atoms with van der Waals surface area (Å²) in [5.41, 5.74) is 2.25. The van der Waals surface area contributed by atoms with Crippen molar-refractivity contribution >= 4 is 27.3 Å². The minimum Gasteiger partial charge on any atom is -0.354 e. The molecule has 2 aromatic heterocycles. The van der Waals surface area contributed by atoms with Crippen molar-refractivity contribution in [2.75, 3.05) is 17.7 Å². The minimum absolute atomic E-state index is 0.158. The van der Waals surface area contributed by atoms with Gasteiger partial charge in [-0.15, -0.1) is 0 Å². The van der Waals surface area contributed by atoms with Crippen LogP contribution in [0.3, 0.4) is 0 Å². The van der Waals surface area contributed by atoms with E-state index in [0.717, 1.165) is 11.8 Å².